The fraction of sp³-hybridized carbons (Fsp3) is 0.231. The van der Waals surface area contributed by atoms with Gasteiger partial charge in [-0.15, -0.1) is 0 Å². The van der Waals surface area contributed by atoms with Crippen molar-refractivity contribution in [2.45, 2.75) is 12.7 Å². The van der Waals surface area contributed by atoms with Crippen molar-refractivity contribution in [3.63, 3.8) is 0 Å². The lowest BCUT2D eigenvalue weighted by molar-refractivity contribution is 0.0423. The standard InChI is InChI=1S/C13H14O2/c1-11-7-8-13(15-11)10-14-9-12-5-3-2-4-6-12/h2-8,13H,1,9-10H2/t13-/m0/s1. The van der Waals surface area contributed by atoms with Crippen molar-refractivity contribution in [1.29, 1.82) is 0 Å². The van der Waals surface area contributed by atoms with Gasteiger partial charge in [0, 0.05) is 0 Å². The number of allylic oxidation sites excluding steroid dienone is 1. The van der Waals surface area contributed by atoms with Crippen LogP contribution in [0.1, 0.15) is 5.56 Å². The van der Waals surface area contributed by atoms with Crippen LogP contribution in [-0.4, -0.2) is 12.7 Å². The first kappa shape index (κ1) is 9.99. The molecule has 1 aliphatic rings. The van der Waals surface area contributed by atoms with Gasteiger partial charge >= 0.3 is 0 Å². The maximum atomic E-state index is 5.53. The smallest absolute Gasteiger partial charge is 0.140 e. The molecule has 0 fully saturated rings. The second kappa shape index (κ2) is 4.80. The first-order chi connectivity index (χ1) is 7.34. The normalized spacial score (nSPS) is 19.2. The van der Waals surface area contributed by atoms with E-state index in [2.05, 4.69) is 6.58 Å². The summed E-state index contributed by atoms with van der Waals surface area (Å²) >= 11 is 0. The number of hydrogen-bond donors (Lipinski definition) is 0. The lowest BCUT2D eigenvalue weighted by Gasteiger charge is -2.10. The van der Waals surface area contributed by atoms with Gasteiger partial charge in [-0.1, -0.05) is 36.9 Å². The summed E-state index contributed by atoms with van der Waals surface area (Å²) in [5, 5.41) is 0. The molecule has 2 nitrogen and oxygen atoms in total. The molecule has 0 saturated heterocycles. The second-order valence-electron chi connectivity index (χ2n) is 3.48. The van der Waals surface area contributed by atoms with Crippen molar-refractivity contribution >= 4 is 0 Å². The largest absolute Gasteiger partial charge is 0.485 e. The molecule has 0 spiro atoms. The van der Waals surface area contributed by atoms with Gasteiger partial charge in [0.1, 0.15) is 11.9 Å². The summed E-state index contributed by atoms with van der Waals surface area (Å²) in [6.45, 7) is 4.91. The van der Waals surface area contributed by atoms with Crippen LogP contribution in [0.15, 0.2) is 54.8 Å². The van der Waals surface area contributed by atoms with Gasteiger partial charge in [-0.25, -0.2) is 0 Å². The number of benzene rings is 1. The maximum Gasteiger partial charge on any atom is 0.140 e. The van der Waals surface area contributed by atoms with Crippen molar-refractivity contribution in [2.75, 3.05) is 6.61 Å². The SMILES string of the molecule is C=C1C=C[C@@H](COCc2ccccc2)O1. The van der Waals surface area contributed by atoms with Gasteiger partial charge in [0.05, 0.1) is 13.2 Å². The molecule has 0 unspecified atom stereocenters. The van der Waals surface area contributed by atoms with Crippen molar-refractivity contribution in [2.24, 2.45) is 0 Å². The fourth-order valence-electron chi connectivity index (χ4n) is 1.44. The lowest BCUT2D eigenvalue weighted by atomic mass is 10.2. The quantitative estimate of drug-likeness (QED) is 0.747. The van der Waals surface area contributed by atoms with E-state index in [9.17, 15) is 0 Å². The van der Waals surface area contributed by atoms with E-state index in [0.29, 0.717) is 19.0 Å². The summed E-state index contributed by atoms with van der Waals surface area (Å²) in [6.07, 6.45) is 3.87. The van der Waals surface area contributed by atoms with E-state index in [0.717, 1.165) is 0 Å². The van der Waals surface area contributed by atoms with Crippen LogP contribution < -0.4 is 0 Å². The minimum Gasteiger partial charge on any atom is -0.485 e. The highest BCUT2D eigenvalue weighted by molar-refractivity contribution is 5.16. The van der Waals surface area contributed by atoms with Crippen LogP contribution in [0, 0.1) is 0 Å². The molecular formula is C13H14O2. The molecule has 1 aromatic carbocycles. The average Bonchev–Trinajstić information content (AvgIpc) is 2.66. The molecule has 78 valence electrons. The van der Waals surface area contributed by atoms with Crippen LogP contribution in [0.5, 0.6) is 0 Å². The highest BCUT2D eigenvalue weighted by Gasteiger charge is 2.12. The van der Waals surface area contributed by atoms with E-state index < -0.39 is 0 Å². The Morgan fingerprint density at radius 2 is 2.07 bits per heavy atom. The number of hydrogen-bond acceptors (Lipinski definition) is 2. The Morgan fingerprint density at radius 3 is 2.73 bits per heavy atom. The van der Waals surface area contributed by atoms with E-state index in [4.69, 9.17) is 9.47 Å². The van der Waals surface area contributed by atoms with Crippen LogP contribution in [0.25, 0.3) is 0 Å². The second-order valence-corrected chi connectivity index (χ2v) is 3.48. The van der Waals surface area contributed by atoms with Crippen LogP contribution in [0.4, 0.5) is 0 Å². The monoisotopic (exact) mass is 202 g/mol. The first-order valence-corrected chi connectivity index (χ1v) is 5.00. The van der Waals surface area contributed by atoms with Crippen molar-refractivity contribution < 1.29 is 9.47 Å². The van der Waals surface area contributed by atoms with Crippen LogP contribution in [-0.2, 0) is 16.1 Å². The predicted molar refractivity (Wildman–Crippen MR) is 59.3 cm³/mol. The molecule has 2 heteroatoms. The Kier molecular flexibility index (Phi) is 3.20. The van der Waals surface area contributed by atoms with Crippen molar-refractivity contribution in [3.8, 4) is 0 Å². The van der Waals surface area contributed by atoms with Crippen molar-refractivity contribution in [3.05, 3.63) is 60.4 Å². The number of rotatable bonds is 4. The molecule has 2 rings (SSSR count). The average molecular weight is 202 g/mol. The van der Waals surface area contributed by atoms with Gasteiger partial charge in [-0.2, -0.15) is 0 Å². The van der Waals surface area contributed by atoms with E-state index in [1.165, 1.54) is 5.56 Å². The molecule has 0 aromatic heterocycles. The van der Waals surface area contributed by atoms with Crippen LogP contribution >= 0.6 is 0 Å². The minimum atomic E-state index is 0.0289. The first-order valence-electron chi connectivity index (χ1n) is 5.00. The molecule has 1 aliphatic heterocycles. The molecule has 15 heavy (non-hydrogen) atoms. The van der Waals surface area contributed by atoms with Gasteiger partial charge in [0.15, 0.2) is 0 Å². The Labute approximate surface area is 89.8 Å². The van der Waals surface area contributed by atoms with Crippen LogP contribution in [0.3, 0.4) is 0 Å². The molecule has 1 aromatic rings. The molecule has 1 atom stereocenters. The fourth-order valence-corrected chi connectivity index (χ4v) is 1.44. The summed E-state index contributed by atoms with van der Waals surface area (Å²) in [5.41, 5.74) is 1.18. The third kappa shape index (κ3) is 2.96. The Bertz CT molecular complexity index is 354. The summed E-state index contributed by atoms with van der Waals surface area (Å²) in [5.74, 6) is 0.711. The van der Waals surface area contributed by atoms with Gasteiger partial charge in [-0.05, 0) is 17.7 Å². The van der Waals surface area contributed by atoms with Gasteiger partial charge in [-0.3, -0.25) is 0 Å². The molecule has 0 aliphatic carbocycles. The van der Waals surface area contributed by atoms with E-state index in [1.807, 2.05) is 42.5 Å². The van der Waals surface area contributed by atoms with E-state index in [1.54, 1.807) is 0 Å². The molecule has 1 heterocycles. The third-order valence-corrected chi connectivity index (χ3v) is 2.19. The summed E-state index contributed by atoms with van der Waals surface area (Å²) in [4.78, 5) is 0. The highest BCUT2D eigenvalue weighted by Crippen LogP contribution is 2.13. The molecule has 0 radical (unpaired) electrons. The van der Waals surface area contributed by atoms with E-state index in [-0.39, 0.29) is 6.10 Å². The Balaban J connectivity index is 1.72. The molecular weight excluding hydrogens is 188 g/mol. The zero-order chi connectivity index (χ0) is 10.5. The van der Waals surface area contributed by atoms with Crippen LogP contribution in [0.2, 0.25) is 0 Å². The highest BCUT2D eigenvalue weighted by atomic mass is 16.5. The Morgan fingerprint density at radius 1 is 1.27 bits per heavy atom. The van der Waals surface area contributed by atoms with Gasteiger partial charge in [0.2, 0.25) is 0 Å². The topological polar surface area (TPSA) is 18.5 Å². The van der Waals surface area contributed by atoms with Gasteiger partial charge in [0.25, 0.3) is 0 Å². The molecule has 0 bridgehead atoms. The predicted octanol–water partition coefficient (Wildman–Crippen LogP) is 2.67. The molecule has 0 N–H and O–H groups in total. The zero-order valence-corrected chi connectivity index (χ0v) is 8.56. The molecule has 0 amide bonds. The van der Waals surface area contributed by atoms with Crippen molar-refractivity contribution in [1.82, 2.24) is 0 Å². The zero-order valence-electron chi connectivity index (χ0n) is 8.56. The Hall–Kier alpha value is -1.54. The lowest BCUT2D eigenvalue weighted by Crippen LogP contribution is -2.12. The van der Waals surface area contributed by atoms with Gasteiger partial charge < -0.3 is 9.47 Å². The number of ether oxygens (including phenoxy) is 2. The third-order valence-electron chi connectivity index (χ3n) is 2.19. The maximum absolute atomic E-state index is 5.53. The minimum absolute atomic E-state index is 0.0289. The summed E-state index contributed by atoms with van der Waals surface area (Å²) in [6, 6.07) is 10.1. The summed E-state index contributed by atoms with van der Waals surface area (Å²) in [7, 11) is 0. The summed E-state index contributed by atoms with van der Waals surface area (Å²) < 4.78 is 10.9. The molecule has 0 saturated carbocycles. The van der Waals surface area contributed by atoms with E-state index >= 15 is 0 Å².